The van der Waals surface area contributed by atoms with Crippen molar-refractivity contribution in [2.75, 3.05) is 39.6 Å². The maximum Gasteiger partial charge on any atom is 0.343 e. The van der Waals surface area contributed by atoms with Crippen LogP contribution in [-0.2, 0) is 28.6 Å². The molecule has 1 aliphatic carbocycles. The van der Waals surface area contributed by atoms with Crippen molar-refractivity contribution in [2.24, 2.45) is 0 Å². The monoisotopic (exact) mass is 1080 g/mol. The van der Waals surface area contributed by atoms with Gasteiger partial charge in [0, 0.05) is 24.1 Å². The molecule has 6 aromatic rings. The molecule has 6 aromatic carbocycles. The largest absolute Gasteiger partial charge is 0.494 e. The Bertz CT molecular complexity index is 2940. The predicted octanol–water partition coefficient (Wildman–Crippen LogP) is 13.0. The number of carbonyl (C=O) groups excluding carboxylic acids is 5. The molecule has 0 bridgehead atoms. The number of unbranched alkanes of at least 4 members (excludes halogenated alkanes) is 6. The van der Waals surface area contributed by atoms with Crippen molar-refractivity contribution in [3.63, 3.8) is 0 Å². The van der Waals surface area contributed by atoms with Crippen LogP contribution < -0.4 is 23.7 Å². The van der Waals surface area contributed by atoms with Gasteiger partial charge in [-0.25, -0.2) is 28.8 Å². The Morgan fingerprint density at radius 3 is 1.29 bits per heavy atom. The minimum absolute atomic E-state index is 0.0173. The van der Waals surface area contributed by atoms with Crippen LogP contribution >= 0.6 is 0 Å². The van der Waals surface area contributed by atoms with E-state index < -0.39 is 36.0 Å². The second-order valence-corrected chi connectivity index (χ2v) is 18.3. The normalized spacial score (nSPS) is 11.4. The third-order valence-electron chi connectivity index (χ3n) is 12.5. The number of fused-ring (bicyclic) bond motifs is 3. The Balaban J connectivity index is 0.000000358. The molecule has 0 saturated heterocycles. The van der Waals surface area contributed by atoms with Gasteiger partial charge in [0.2, 0.25) is 0 Å². The summed E-state index contributed by atoms with van der Waals surface area (Å²) < 4.78 is 43.3. The van der Waals surface area contributed by atoms with Gasteiger partial charge in [-0.1, -0.05) is 75.2 Å². The number of esters is 5. The zero-order valence-corrected chi connectivity index (χ0v) is 44.8. The van der Waals surface area contributed by atoms with Crippen molar-refractivity contribution in [1.29, 1.82) is 0 Å². The van der Waals surface area contributed by atoms with Gasteiger partial charge in [-0.05, 0) is 170 Å². The van der Waals surface area contributed by atoms with Crippen molar-refractivity contribution in [3.8, 4) is 51.0 Å². The number of benzene rings is 6. The lowest BCUT2D eigenvalue weighted by Gasteiger charge is -2.12. The zero-order valence-electron chi connectivity index (χ0n) is 44.8. The average Bonchev–Trinajstić information content (AvgIpc) is 3.77. The summed E-state index contributed by atoms with van der Waals surface area (Å²) in [6, 6.07) is 39.7. The number of carbonyl (C=O) groups is 5. The van der Waals surface area contributed by atoms with E-state index >= 15 is 0 Å². The van der Waals surface area contributed by atoms with Crippen LogP contribution in [0, 0.1) is 6.57 Å². The van der Waals surface area contributed by atoms with E-state index in [-0.39, 0.29) is 19.1 Å². The quantitative estimate of drug-likeness (QED) is 0.0117. The highest BCUT2D eigenvalue weighted by Gasteiger charge is 2.27. The van der Waals surface area contributed by atoms with E-state index in [1.54, 1.807) is 84.9 Å². The number of rotatable bonds is 29. The van der Waals surface area contributed by atoms with Gasteiger partial charge in [-0.2, -0.15) is 0 Å². The van der Waals surface area contributed by atoms with Crippen molar-refractivity contribution in [2.45, 2.75) is 70.3 Å². The van der Waals surface area contributed by atoms with Crippen LogP contribution in [0.3, 0.4) is 0 Å². The summed E-state index contributed by atoms with van der Waals surface area (Å²) in [6.07, 6.45) is 9.53. The van der Waals surface area contributed by atoms with Gasteiger partial charge in [-0.3, -0.25) is 0 Å². The molecule has 7 rings (SSSR count). The predicted molar refractivity (Wildman–Crippen MR) is 303 cm³/mol. The number of hydrogen-bond donors (Lipinski definition) is 1. The van der Waals surface area contributed by atoms with Crippen molar-refractivity contribution in [1.82, 2.24) is 0 Å². The molecule has 15 heteroatoms. The highest BCUT2D eigenvalue weighted by Crippen LogP contribution is 2.47. The minimum atomic E-state index is -0.908. The highest BCUT2D eigenvalue weighted by atomic mass is 16.6. The lowest BCUT2D eigenvalue weighted by atomic mass is 9.99. The van der Waals surface area contributed by atoms with Gasteiger partial charge in [0.1, 0.15) is 48.1 Å². The molecule has 80 heavy (non-hydrogen) atoms. The molecule has 1 aliphatic rings. The van der Waals surface area contributed by atoms with Crippen molar-refractivity contribution in [3.05, 3.63) is 205 Å². The molecule has 1 unspecified atom stereocenters. The van der Waals surface area contributed by atoms with Gasteiger partial charge in [0.25, 0.3) is 0 Å². The summed E-state index contributed by atoms with van der Waals surface area (Å²) in [5.41, 5.74) is 7.52. The third kappa shape index (κ3) is 19.0. The summed E-state index contributed by atoms with van der Waals surface area (Å²) in [5.74, 6) is 0.477. The van der Waals surface area contributed by atoms with Gasteiger partial charge in [0.05, 0.1) is 44.1 Å². The fourth-order valence-corrected chi connectivity index (χ4v) is 8.20. The zero-order chi connectivity index (χ0) is 57.1. The summed E-state index contributed by atoms with van der Waals surface area (Å²) in [7, 11) is 0. The maximum absolute atomic E-state index is 13.0. The molecular formula is C65H65NO14. The molecule has 1 atom stereocenters. The van der Waals surface area contributed by atoms with Crippen molar-refractivity contribution < 1.29 is 67.0 Å². The molecule has 0 spiro atoms. The molecule has 0 saturated carbocycles. The van der Waals surface area contributed by atoms with E-state index in [4.69, 9.17) is 44.5 Å². The van der Waals surface area contributed by atoms with Crippen molar-refractivity contribution >= 4 is 35.5 Å². The second-order valence-electron chi connectivity index (χ2n) is 18.3. The highest BCUT2D eigenvalue weighted by molar-refractivity contribution is 5.92. The Morgan fingerprint density at radius 1 is 0.487 bits per heavy atom. The van der Waals surface area contributed by atoms with Gasteiger partial charge < -0.3 is 43.0 Å². The van der Waals surface area contributed by atoms with E-state index in [1.807, 2.05) is 48.5 Å². The second kappa shape index (κ2) is 31.8. The Hall–Kier alpha value is -9.26. The molecule has 0 fully saturated rings. The SMILES string of the molecule is C=CC(=O)OCCCCCCOc1ccc(C(=O)Oc2ccc3c(c2)C(C)c2cc(OC(=O)c4ccc(OCCCCCCOC(=O)C=C)cc4)ccc2-3)cc1.[C-]#[N+]c1ccc(-c2ccc(OCC(O)COC(=O)C=C)cc2)cc1. The number of hydrogen-bond acceptors (Lipinski definition) is 14. The molecule has 15 nitrogen and oxygen atoms in total. The molecule has 0 aromatic heterocycles. The lowest BCUT2D eigenvalue weighted by molar-refractivity contribution is -0.141. The van der Waals surface area contributed by atoms with Gasteiger partial charge in [0.15, 0.2) is 5.69 Å². The van der Waals surface area contributed by atoms with E-state index in [0.717, 1.165) is 103 Å². The van der Waals surface area contributed by atoms with Crippen LogP contribution in [0.1, 0.15) is 96.1 Å². The first-order chi connectivity index (χ1) is 38.9. The third-order valence-corrected chi connectivity index (χ3v) is 12.5. The van der Waals surface area contributed by atoms with Crippen LogP contribution in [0.25, 0.3) is 27.1 Å². The molecule has 0 radical (unpaired) electrons. The Labute approximate surface area is 466 Å². The summed E-state index contributed by atoms with van der Waals surface area (Å²) >= 11 is 0. The smallest absolute Gasteiger partial charge is 0.343 e. The fraction of sp³-hybridized carbons (Fsp3) is 0.262. The molecular weight excluding hydrogens is 1020 g/mol. The van der Waals surface area contributed by atoms with E-state index in [2.05, 4.69) is 31.5 Å². The van der Waals surface area contributed by atoms with E-state index in [0.29, 0.717) is 72.0 Å². The molecule has 1 N–H and O–H groups in total. The number of ether oxygens (including phenoxy) is 8. The maximum atomic E-state index is 13.0. The summed E-state index contributed by atoms with van der Waals surface area (Å²) in [4.78, 5) is 62.4. The summed E-state index contributed by atoms with van der Waals surface area (Å²) in [6.45, 7) is 20.8. The topological polar surface area (TPSA) is 184 Å². The summed E-state index contributed by atoms with van der Waals surface area (Å²) in [5, 5.41) is 9.68. The standard InChI is InChI=1S/C46H48O10.C19H17NO4/c1-4-43(47)53-28-12-8-6-10-26-51-35-18-14-33(15-19-35)45(49)55-37-22-24-39-40-25-23-38(31-42(40)32(3)41(39)30-37)56-46(50)34-16-20-36(21-17-34)52-27-11-7-9-13-29-54-44(48)5-2;1-3-19(22)24-13-17(21)12-23-18-10-6-15(7-11-18)14-4-8-16(20-2)9-5-14/h4-5,14-25,30-32H,1-2,6-13,26-29H2,3H3;3-11,17,21H,1,12-13H2. The first kappa shape index (κ1) is 60.0. The number of aliphatic hydroxyl groups excluding tert-OH is 1. The van der Waals surface area contributed by atoms with Gasteiger partial charge in [-0.15, -0.1) is 0 Å². The van der Waals surface area contributed by atoms with Gasteiger partial charge >= 0.3 is 29.8 Å². The van der Waals surface area contributed by atoms with Crippen LogP contribution in [-0.4, -0.2) is 80.7 Å². The number of nitrogens with zero attached hydrogens (tertiary/aromatic N) is 1. The first-order valence-electron chi connectivity index (χ1n) is 26.3. The first-order valence-corrected chi connectivity index (χ1v) is 26.3. The van der Waals surface area contributed by atoms with Crippen LogP contribution in [0.5, 0.6) is 28.7 Å². The Morgan fingerprint density at radius 2 is 0.863 bits per heavy atom. The van der Waals surface area contributed by atoms with E-state index in [1.165, 1.54) is 0 Å². The van der Waals surface area contributed by atoms with Crippen LogP contribution in [0.4, 0.5) is 5.69 Å². The molecule has 414 valence electrons. The van der Waals surface area contributed by atoms with Crippen LogP contribution in [0.15, 0.2) is 171 Å². The Kier molecular flexibility index (Phi) is 23.9. The van der Waals surface area contributed by atoms with E-state index in [9.17, 15) is 29.1 Å². The molecule has 0 amide bonds. The van der Waals surface area contributed by atoms with Crippen LogP contribution in [0.2, 0.25) is 0 Å². The lowest BCUT2D eigenvalue weighted by Crippen LogP contribution is -2.24. The fourth-order valence-electron chi connectivity index (χ4n) is 8.20. The minimum Gasteiger partial charge on any atom is -0.494 e. The molecule has 0 heterocycles. The average molecular weight is 1080 g/mol. The molecule has 0 aliphatic heterocycles. The number of aliphatic hydroxyl groups is 1.